The van der Waals surface area contributed by atoms with Gasteiger partial charge >= 0.3 is 0 Å². The maximum Gasteiger partial charge on any atom is 0.167 e. The number of carbonyl (C=O) groups excluding carboxylic acids is 2. The third-order valence-corrected chi connectivity index (χ3v) is 2.55. The number of aldehydes is 1. The molecule has 0 radical (unpaired) electrons. The predicted molar refractivity (Wildman–Crippen MR) is 66.3 cm³/mol. The van der Waals surface area contributed by atoms with E-state index < -0.39 is 0 Å². The molecule has 0 aliphatic heterocycles. The first-order valence-electron chi connectivity index (χ1n) is 5.42. The number of ketones is 1. The van der Waals surface area contributed by atoms with Gasteiger partial charge < -0.3 is 0 Å². The second-order valence-corrected chi connectivity index (χ2v) is 3.83. The van der Waals surface area contributed by atoms with Crippen LogP contribution in [-0.2, 0) is 6.42 Å². The Hall–Kier alpha value is -2.22. The molecule has 0 saturated heterocycles. The van der Waals surface area contributed by atoms with Crippen LogP contribution in [0.5, 0.6) is 0 Å². The van der Waals surface area contributed by atoms with Crippen molar-refractivity contribution in [3.8, 4) is 0 Å². The maximum atomic E-state index is 11.9. The Kier molecular flexibility index (Phi) is 3.46. The van der Waals surface area contributed by atoms with E-state index >= 15 is 0 Å². The van der Waals surface area contributed by atoms with Gasteiger partial charge in [-0.2, -0.15) is 0 Å². The molecule has 17 heavy (non-hydrogen) atoms. The first kappa shape index (κ1) is 11.3. The van der Waals surface area contributed by atoms with Crippen LogP contribution in [0.4, 0.5) is 0 Å². The quantitative estimate of drug-likeness (QED) is 0.591. The molecule has 0 spiro atoms. The van der Waals surface area contributed by atoms with Crippen molar-refractivity contribution in [1.82, 2.24) is 0 Å². The Morgan fingerprint density at radius 3 is 2.47 bits per heavy atom. The lowest BCUT2D eigenvalue weighted by Crippen LogP contribution is -2.03. The minimum atomic E-state index is 0.0636. The number of carbonyl (C=O) groups is 2. The number of hydrogen-bond donors (Lipinski definition) is 0. The van der Waals surface area contributed by atoms with Gasteiger partial charge in [0, 0.05) is 17.5 Å². The van der Waals surface area contributed by atoms with Gasteiger partial charge in [-0.15, -0.1) is 0 Å². The lowest BCUT2D eigenvalue weighted by atomic mass is 10.0. The van der Waals surface area contributed by atoms with Gasteiger partial charge in [-0.1, -0.05) is 48.5 Å². The van der Waals surface area contributed by atoms with Gasteiger partial charge in [-0.3, -0.25) is 9.59 Å². The van der Waals surface area contributed by atoms with E-state index in [0.717, 1.165) is 11.8 Å². The van der Waals surface area contributed by atoms with Gasteiger partial charge in [0.05, 0.1) is 0 Å². The summed E-state index contributed by atoms with van der Waals surface area (Å²) in [5.74, 6) is 0.0636. The van der Waals surface area contributed by atoms with Crippen LogP contribution >= 0.6 is 0 Å². The summed E-state index contributed by atoms with van der Waals surface area (Å²) in [7, 11) is 0. The van der Waals surface area contributed by atoms with Gasteiger partial charge in [0.15, 0.2) is 5.78 Å². The topological polar surface area (TPSA) is 34.1 Å². The van der Waals surface area contributed by atoms with Crippen molar-refractivity contribution in [3.05, 3.63) is 71.3 Å². The molecule has 0 atom stereocenters. The van der Waals surface area contributed by atoms with Crippen LogP contribution in [0, 0.1) is 0 Å². The highest BCUT2D eigenvalue weighted by atomic mass is 16.1. The summed E-state index contributed by atoms with van der Waals surface area (Å²) in [6.07, 6.45) is 1.11. The van der Waals surface area contributed by atoms with E-state index in [0.29, 0.717) is 17.5 Å². The van der Waals surface area contributed by atoms with Crippen molar-refractivity contribution < 1.29 is 9.59 Å². The Bertz CT molecular complexity index is 530. The molecule has 84 valence electrons. The van der Waals surface area contributed by atoms with Crippen LogP contribution in [-0.4, -0.2) is 12.1 Å². The molecule has 2 aromatic carbocycles. The normalized spacial score (nSPS) is 9.88. The molecule has 0 aromatic heterocycles. The van der Waals surface area contributed by atoms with Crippen LogP contribution in [0.3, 0.4) is 0 Å². The highest BCUT2D eigenvalue weighted by Gasteiger charge is 2.06. The predicted octanol–water partition coefficient (Wildman–Crippen LogP) is 2.92. The summed E-state index contributed by atoms with van der Waals surface area (Å²) in [4.78, 5) is 22.6. The van der Waals surface area contributed by atoms with E-state index in [1.165, 1.54) is 0 Å². The van der Waals surface area contributed by atoms with Crippen LogP contribution in [0.15, 0.2) is 54.6 Å². The molecule has 0 fully saturated rings. The average molecular weight is 224 g/mol. The van der Waals surface area contributed by atoms with Gasteiger partial charge in [-0.05, 0) is 11.6 Å². The van der Waals surface area contributed by atoms with Crippen molar-refractivity contribution in [3.63, 3.8) is 0 Å². The van der Waals surface area contributed by atoms with Crippen molar-refractivity contribution in [2.45, 2.75) is 6.42 Å². The maximum absolute atomic E-state index is 11.9. The number of hydrogen-bond acceptors (Lipinski definition) is 2. The Labute approximate surface area is 99.9 Å². The molecule has 0 N–H and O–H groups in total. The fourth-order valence-electron chi connectivity index (χ4n) is 1.69. The second-order valence-electron chi connectivity index (χ2n) is 3.83. The summed E-state index contributed by atoms with van der Waals surface area (Å²) < 4.78 is 0. The van der Waals surface area contributed by atoms with Gasteiger partial charge in [0.25, 0.3) is 0 Å². The molecular formula is C15H12O2. The Balaban J connectivity index is 2.16. The second kappa shape index (κ2) is 5.21. The van der Waals surface area contributed by atoms with Crippen molar-refractivity contribution in [2.75, 3.05) is 0 Å². The Morgan fingerprint density at radius 2 is 1.76 bits per heavy atom. The van der Waals surface area contributed by atoms with E-state index in [1.807, 2.05) is 24.3 Å². The molecule has 0 amide bonds. The van der Waals surface area contributed by atoms with E-state index in [2.05, 4.69) is 0 Å². The molecule has 2 heteroatoms. The SMILES string of the molecule is O=Cc1cccc(CC(=O)c2ccccc2)c1. The molecule has 2 rings (SSSR count). The fourth-order valence-corrected chi connectivity index (χ4v) is 1.69. The van der Waals surface area contributed by atoms with E-state index in [4.69, 9.17) is 0 Å². The number of benzene rings is 2. The smallest absolute Gasteiger partial charge is 0.167 e. The van der Waals surface area contributed by atoms with Crippen molar-refractivity contribution >= 4 is 12.1 Å². The highest BCUT2D eigenvalue weighted by Crippen LogP contribution is 2.09. The zero-order valence-corrected chi connectivity index (χ0v) is 9.30. The Morgan fingerprint density at radius 1 is 1.00 bits per heavy atom. The molecule has 0 aliphatic rings. The van der Waals surface area contributed by atoms with Crippen LogP contribution in [0.2, 0.25) is 0 Å². The third kappa shape index (κ3) is 2.88. The number of Topliss-reactive ketones (excluding diaryl/α,β-unsaturated/α-hetero) is 1. The molecular weight excluding hydrogens is 212 g/mol. The minimum absolute atomic E-state index is 0.0636. The van der Waals surface area contributed by atoms with E-state index in [-0.39, 0.29) is 5.78 Å². The number of rotatable bonds is 4. The average Bonchev–Trinajstić information content (AvgIpc) is 2.40. The third-order valence-electron chi connectivity index (χ3n) is 2.55. The molecule has 0 bridgehead atoms. The summed E-state index contributed by atoms with van der Waals surface area (Å²) in [6.45, 7) is 0. The fraction of sp³-hybridized carbons (Fsp3) is 0.0667. The minimum Gasteiger partial charge on any atom is -0.298 e. The van der Waals surface area contributed by atoms with Crippen LogP contribution in [0.25, 0.3) is 0 Å². The van der Waals surface area contributed by atoms with E-state index in [1.54, 1.807) is 30.3 Å². The first-order valence-corrected chi connectivity index (χ1v) is 5.42. The summed E-state index contributed by atoms with van der Waals surface area (Å²) in [5, 5.41) is 0. The van der Waals surface area contributed by atoms with Crippen LogP contribution in [0.1, 0.15) is 26.3 Å². The van der Waals surface area contributed by atoms with E-state index in [9.17, 15) is 9.59 Å². The van der Waals surface area contributed by atoms with Crippen LogP contribution < -0.4 is 0 Å². The lowest BCUT2D eigenvalue weighted by molar-refractivity contribution is 0.0992. The molecule has 0 heterocycles. The van der Waals surface area contributed by atoms with Crippen molar-refractivity contribution in [1.29, 1.82) is 0 Å². The summed E-state index contributed by atoms with van der Waals surface area (Å²) in [6, 6.07) is 16.3. The van der Waals surface area contributed by atoms with Gasteiger partial charge in [-0.25, -0.2) is 0 Å². The first-order chi connectivity index (χ1) is 8.29. The standard InChI is InChI=1S/C15H12O2/c16-11-13-6-4-5-12(9-13)10-15(17)14-7-2-1-3-8-14/h1-9,11H,10H2. The zero-order chi connectivity index (χ0) is 12.1. The zero-order valence-electron chi connectivity index (χ0n) is 9.30. The largest absolute Gasteiger partial charge is 0.298 e. The van der Waals surface area contributed by atoms with Crippen molar-refractivity contribution in [2.24, 2.45) is 0 Å². The lowest BCUT2D eigenvalue weighted by Gasteiger charge is -2.02. The summed E-state index contributed by atoms with van der Waals surface area (Å²) in [5.41, 5.74) is 2.16. The monoisotopic (exact) mass is 224 g/mol. The summed E-state index contributed by atoms with van der Waals surface area (Å²) >= 11 is 0. The molecule has 0 aliphatic carbocycles. The molecule has 2 nitrogen and oxygen atoms in total. The molecule has 0 unspecified atom stereocenters. The van der Waals surface area contributed by atoms with Gasteiger partial charge in [0.1, 0.15) is 6.29 Å². The highest BCUT2D eigenvalue weighted by molar-refractivity contribution is 5.97. The van der Waals surface area contributed by atoms with Gasteiger partial charge in [0.2, 0.25) is 0 Å². The molecule has 0 saturated carbocycles. The molecule has 2 aromatic rings.